The van der Waals surface area contributed by atoms with E-state index in [2.05, 4.69) is 36.9 Å². The Labute approximate surface area is 194 Å². The monoisotopic (exact) mass is 496 g/mol. The first kappa shape index (κ1) is 22.1. The summed E-state index contributed by atoms with van der Waals surface area (Å²) in [6, 6.07) is 14.0. The summed E-state index contributed by atoms with van der Waals surface area (Å²) in [5.74, 6) is -0.450. The number of rotatable bonds is 5. The average molecular weight is 497 g/mol. The minimum atomic E-state index is -0.308. The van der Waals surface area contributed by atoms with E-state index in [0.717, 1.165) is 35.8 Å². The zero-order valence-electron chi connectivity index (χ0n) is 17.7. The van der Waals surface area contributed by atoms with E-state index in [0.29, 0.717) is 22.0 Å². The molecule has 2 aromatic carbocycles. The van der Waals surface area contributed by atoms with Crippen LogP contribution in [0.2, 0.25) is 0 Å². The van der Waals surface area contributed by atoms with Gasteiger partial charge < -0.3 is 20.9 Å². The summed E-state index contributed by atoms with van der Waals surface area (Å²) in [5.41, 5.74) is 1.95. The van der Waals surface area contributed by atoms with Gasteiger partial charge in [0, 0.05) is 46.3 Å². The SMILES string of the molecule is CNC(=O)c1cc(Br)ccc1N[C@@H]1CCCC[C@@H]1NC(=O)c1cc(=O)[nH]c2ccccc12. The van der Waals surface area contributed by atoms with Gasteiger partial charge in [0.15, 0.2) is 0 Å². The number of halogens is 1. The molecule has 1 aliphatic rings. The highest BCUT2D eigenvalue weighted by atomic mass is 79.9. The summed E-state index contributed by atoms with van der Waals surface area (Å²) >= 11 is 3.42. The number of aromatic amines is 1. The predicted octanol–water partition coefficient (Wildman–Crippen LogP) is 3.80. The second-order valence-electron chi connectivity index (χ2n) is 7.98. The second kappa shape index (κ2) is 9.56. The maximum atomic E-state index is 13.2. The fraction of sp³-hybridized carbons (Fsp3) is 0.292. The van der Waals surface area contributed by atoms with Crippen molar-refractivity contribution in [1.82, 2.24) is 15.6 Å². The van der Waals surface area contributed by atoms with Crippen LogP contribution in [0.4, 0.5) is 5.69 Å². The number of hydrogen-bond donors (Lipinski definition) is 4. The van der Waals surface area contributed by atoms with Gasteiger partial charge in [0.2, 0.25) is 5.56 Å². The summed E-state index contributed by atoms with van der Waals surface area (Å²) in [6.07, 6.45) is 3.71. The number of pyridine rings is 1. The van der Waals surface area contributed by atoms with Gasteiger partial charge in [0.1, 0.15) is 0 Å². The third kappa shape index (κ3) is 4.70. The molecule has 1 fully saturated rings. The first-order chi connectivity index (χ1) is 15.5. The van der Waals surface area contributed by atoms with E-state index in [-0.39, 0.29) is 29.5 Å². The van der Waals surface area contributed by atoms with Crippen molar-refractivity contribution in [1.29, 1.82) is 0 Å². The Morgan fingerprint density at radius 2 is 1.72 bits per heavy atom. The van der Waals surface area contributed by atoms with Crippen molar-refractivity contribution >= 4 is 44.3 Å². The molecule has 0 bridgehead atoms. The molecule has 0 spiro atoms. The summed E-state index contributed by atoms with van der Waals surface area (Å²) in [4.78, 5) is 40.4. The van der Waals surface area contributed by atoms with E-state index in [4.69, 9.17) is 0 Å². The molecule has 4 rings (SSSR count). The molecule has 166 valence electrons. The highest BCUT2D eigenvalue weighted by Crippen LogP contribution is 2.27. The van der Waals surface area contributed by atoms with Gasteiger partial charge in [-0.3, -0.25) is 14.4 Å². The lowest BCUT2D eigenvalue weighted by atomic mass is 9.89. The summed E-state index contributed by atoms with van der Waals surface area (Å²) in [6.45, 7) is 0. The minimum absolute atomic E-state index is 0.0365. The molecule has 1 saturated carbocycles. The summed E-state index contributed by atoms with van der Waals surface area (Å²) < 4.78 is 0.816. The maximum absolute atomic E-state index is 13.2. The largest absolute Gasteiger partial charge is 0.380 e. The first-order valence-corrected chi connectivity index (χ1v) is 11.5. The van der Waals surface area contributed by atoms with E-state index in [1.54, 1.807) is 19.2 Å². The van der Waals surface area contributed by atoms with Gasteiger partial charge in [-0.05, 0) is 37.1 Å². The topological polar surface area (TPSA) is 103 Å². The average Bonchev–Trinajstić information content (AvgIpc) is 2.80. The fourth-order valence-corrected chi connectivity index (χ4v) is 4.64. The van der Waals surface area contributed by atoms with E-state index < -0.39 is 0 Å². The quantitative estimate of drug-likeness (QED) is 0.431. The summed E-state index contributed by atoms with van der Waals surface area (Å²) in [5, 5.41) is 10.00. The Bertz CT molecular complexity index is 1220. The number of para-hydroxylation sites is 1. The Kier molecular flexibility index (Phi) is 6.60. The number of benzene rings is 2. The molecule has 1 aliphatic carbocycles. The van der Waals surface area contributed by atoms with Gasteiger partial charge in [-0.1, -0.05) is 47.0 Å². The number of hydrogen-bond acceptors (Lipinski definition) is 4. The number of anilines is 1. The lowest BCUT2D eigenvalue weighted by Crippen LogP contribution is -2.49. The van der Waals surface area contributed by atoms with E-state index in [9.17, 15) is 14.4 Å². The fourth-order valence-electron chi connectivity index (χ4n) is 4.28. The van der Waals surface area contributed by atoms with Crippen LogP contribution in [0, 0.1) is 0 Å². The van der Waals surface area contributed by atoms with Crippen molar-refractivity contribution in [2.75, 3.05) is 12.4 Å². The van der Waals surface area contributed by atoms with Gasteiger partial charge in [0.05, 0.1) is 11.1 Å². The highest BCUT2D eigenvalue weighted by molar-refractivity contribution is 9.10. The number of amides is 2. The highest BCUT2D eigenvalue weighted by Gasteiger charge is 2.28. The van der Waals surface area contributed by atoms with E-state index in [1.807, 2.05) is 30.3 Å². The molecular formula is C24H25BrN4O3. The third-order valence-corrected chi connectivity index (χ3v) is 6.37. The smallest absolute Gasteiger partial charge is 0.253 e. The molecule has 7 nitrogen and oxygen atoms in total. The van der Waals surface area contributed by atoms with Gasteiger partial charge >= 0.3 is 0 Å². The molecule has 2 atom stereocenters. The second-order valence-corrected chi connectivity index (χ2v) is 8.89. The van der Waals surface area contributed by atoms with Crippen LogP contribution in [0.5, 0.6) is 0 Å². The number of fused-ring (bicyclic) bond motifs is 1. The van der Waals surface area contributed by atoms with Gasteiger partial charge in [0.25, 0.3) is 11.8 Å². The zero-order valence-corrected chi connectivity index (χ0v) is 19.3. The Hall–Kier alpha value is -3.13. The Morgan fingerprint density at radius 3 is 2.50 bits per heavy atom. The van der Waals surface area contributed by atoms with Crippen LogP contribution in [0.3, 0.4) is 0 Å². The number of nitrogens with one attached hydrogen (secondary N) is 4. The normalized spacial score (nSPS) is 18.2. The van der Waals surface area contributed by atoms with Crippen LogP contribution in [0.1, 0.15) is 46.4 Å². The molecule has 0 saturated heterocycles. The number of carbonyl (C=O) groups is 2. The van der Waals surface area contributed by atoms with Crippen LogP contribution in [0.15, 0.2) is 57.8 Å². The number of H-pyrrole nitrogens is 1. The van der Waals surface area contributed by atoms with Crippen molar-refractivity contribution in [2.45, 2.75) is 37.8 Å². The molecule has 1 aromatic heterocycles. The lowest BCUT2D eigenvalue weighted by Gasteiger charge is -2.34. The van der Waals surface area contributed by atoms with Gasteiger partial charge in [-0.2, -0.15) is 0 Å². The van der Waals surface area contributed by atoms with Gasteiger partial charge in [-0.15, -0.1) is 0 Å². The van der Waals surface area contributed by atoms with Gasteiger partial charge in [-0.25, -0.2) is 0 Å². The molecule has 1 heterocycles. The van der Waals surface area contributed by atoms with E-state index >= 15 is 0 Å². The zero-order chi connectivity index (χ0) is 22.7. The van der Waals surface area contributed by atoms with Crippen molar-refractivity contribution < 1.29 is 9.59 Å². The van der Waals surface area contributed by atoms with Crippen LogP contribution in [-0.2, 0) is 0 Å². The van der Waals surface area contributed by atoms with Crippen LogP contribution in [-0.4, -0.2) is 35.9 Å². The van der Waals surface area contributed by atoms with Crippen molar-refractivity contribution in [3.05, 3.63) is 74.5 Å². The van der Waals surface area contributed by atoms with Crippen molar-refractivity contribution in [3.8, 4) is 0 Å². The molecule has 4 N–H and O–H groups in total. The first-order valence-electron chi connectivity index (χ1n) is 10.7. The van der Waals surface area contributed by atoms with E-state index in [1.165, 1.54) is 6.07 Å². The molecule has 3 aromatic rings. The molecule has 0 unspecified atom stereocenters. The van der Waals surface area contributed by atoms with Crippen molar-refractivity contribution in [3.63, 3.8) is 0 Å². The summed E-state index contributed by atoms with van der Waals surface area (Å²) in [7, 11) is 1.60. The maximum Gasteiger partial charge on any atom is 0.253 e. The number of aromatic nitrogens is 1. The molecule has 2 amide bonds. The number of carbonyl (C=O) groups excluding carboxylic acids is 2. The Morgan fingerprint density at radius 1 is 0.969 bits per heavy atom. The molecule has 0 aliphatic heterocycles. The molecule has 8 heteroatoms. The van der Waals surface area contributed by atoms with Crippen LogP contribution in [0.25, 0.3) is 10.9 Å². The Balaban J connectivity index is 1.59. The molecule has 32 heavy (non-hydrogen) atoms. The van der Waals surface area contributed by atoms with Crippen LogP contribution >= 0.6 is 15.9 Å². The van der Waals surface area contributed by atoms with Crippen molar-refractivity contribution in [2.24, 2.45) is 0 Å². The lowest BCUT2D eigenvalue weighted by molar-refractivity contribution is 0.0922. The standard InChI is InChI=1S/C24H25BrN4O3/c1-26-23(31)17-12-14(25)10-11-19(17)27-20-8-4-5-9-21(20)29-24(32)16-13-22(30)28-18-7-3-2-6-15(16)18/h2-3,6-7,10-13,20-21,27H,4-5,8-9H2,1H3,(H,26,31)(H,28,30)(H,29,32)/t20-,21+/m1/s1. The van der Waals surface area contributed by atoms with Crippen LogP contribution < -0.4 is 21.5 Å². The predicted molar refractivity (Wildman–Crippen MR) is 129 cm³/mol. The third-order valence-electron chi connectivity index (χ3n) is 5.87. The molecular weight excluding hydrogens is 472 g/mol. The molecule has 0 radical (unpaired) electrons. The minimum Gasteiger partial charge on any atom is -0.380 e.